The first kappa shape index (κ1) is 25.6. The van der Waals surface area contributed by atoms with Gasteiger partial charge in [0, 0.05) is 15.7 Å². The number of anilines is 1. The number of nitrogens with zero attached hydrogens (tertiary/aromatic N) is 1. The summed E-state index contributed by atoms with van der Waals surface area (Å²) >= 11 is 15.4. The molecule has 0 heterocycles. The summed E-state index contributed by atoms with van der Waals surface area (Å²) in [6, 6.07) is 15.8. The molecule has 0 atom stereocenters. The Morgan fingerprint density at radius 1 is 1.09 bits per heavy atom. The summed E-state index contributed by atoms with van der Waals surface area (Å²) in [5.41, 5.74) is 4.84. The zero-order chi connectivity index (χ0) is 24.7. The molecule has 0 aliphatic heterocycles. The van der Waals surface area contributed by atoms with Crippen molar-refractivity contribution in [2.45, 2.75) is 13.5 Å². The van der Waals surface area contributed by atoms with E-state index in [-0.39, 0.29) is 0 Å². The van der Waals surface area contributed by atoms with Crippen LogP contribution in [-0.4, -0.2) is 25.1 Å². The van der Waals surface area contributed by atoms with Crippen LogP contribution in [0.15, 0.2) is 64.2 Å². The highest BCUT2D eigenvalue weighted by molar-refractivity contribution is 9.10. The average molecular weight is 565 g/mol. The number of methoxy groups -OCH3 is 1. The Morgan fingerprint density at radius 2 is 1.82 bits per heavy atom. The van der Waals surface area contributed by atoms with Gasteiger partial charge in [-0.1, -0.05) is 41.4 Å². The van der Waals surface area contributed by atoms with Gasteiger partial charge in [-0.3, -0.25) is 9.59 Å². The summed E-state index contributed by atoms with van der Waals surface area (Å²) in [6.07, 6.45) is 1.38. The van der Waals surface area contributed by atoms with E-state index < -0.39 is 11.8 Å². The second-order valence-electron chi connectivity index (χ2n) is 7.01. The SMILES string of the molecule is COc1cc(C=NNC(=O)C(=O)Nc2cccc(Cl)c2C)cc(Br)c1OCc1ccc(Cl)cc1. The second kappa shape index (κ2) is 11.9. The highest BCUT2D eigenvalue weighted by atomic mass is 79.9. The zero-order valence-corrected chi connectivity index (χ0v) is 21.3. The highest BCUT2D eigenvalue weighted by Crippen LogP contribution is 2.37. The number of benzene rings is 3. The lowest BCUT2D eigenvalue weighted by Crippen LogP contribution is -2.32. The van der Waals surface area contributed by atoms with Crippen molar-refractivity contribution in [3.8, 4) is 11.5 Å². The predicted octanol–water partition coefficient (Wildman–Crippen LogP) is 5.74. The maximum Gasteiger partial charge on any atom is 0.329 e. The number of carbonyl (C=O) groups is 2. The Hall–Kier alpha value is -3.07. The number of ether oxygens (including phenoxy) is 2. The summed E-state index contributed by atoms with van der Waals surface area (Å²) in [7, 11) is 1.52. The van der Waals surface area contributed by atoms with E-state index in [0.717, 1.165) is 5.56 Å². The van der Waals surface area contributed by atoms with Crippen LogP contribution in [0.1, 0.15) is 16.7 Å². The lowest BCUT2D eigenvalue weighted by atomic mass is 10.2. The third-order valence-electron chi connectivity index (χ3n) is 4.65. The molecule has 0 fully saturated rings. The number of amides is 2. The van der Waals surface area contributed by atoms with Gasteiger partial charge in [0.25, 0.3) is 0 Å². The van der Waals surface area contributed by atoms with Crippen LogP contribution in [0.2, 0.25) is 10.0 Å². The predicted molar refractivity (Wildman–Crippen MR) is 137 cm³/mol. The van der Waals surface area contributed by atoms with Gasteiger partial charge in [0.15, 0.2) is 11.5 Å². The van der Waals surface area contributed by atoms with Crippen LogP contribution in [-0.2, 0) is 16.2 Å². The minimum Gasteiger partial charge on any atom is -0.493 e. The first-order valence-corrected chi connectivity index (χ1v) is 11.5. The molecule has 3 rings (SSSR count). The largest absolute Gasteiger partial charge is 0.493 e. The number of hydrogen-bond donors (Lipinski definition) is 2. The quantitative estimate of drug-likeness (QED) is 0.217. The van der Waals surface area contributed by atoms with Gasteiger partial charge in [0.1, 0.15) is 6.61 Å². The van der Waals surface area contributed by atoms with Gasteiger partial charge in [-0.05, 0) is 75.9 Å². The van der Waals surface area contributed by atoms with Crippen molar-refractivity contribution in [1.82, 2.24) is 5.43 Å². The van der Waals surface area contributed by atoms with Gasteiger partial charge in [0.2, 0.25) is 0 Å². The minimum absolute atomic E-state index is 0.316. The second-order valence-corrected chi connectivity index (χ2v) is 8.71. The Bertz CT molecular complexity index is 1230. The molecule has 3 aromatic rings. The monoisotopic (exact) mass is 563 g/mol. The van der Waals surface area contributed by atoms with Crippen molar-refractivity contribution in [1.29, 1.82) is 0 Å². The van der Waals surface area contributed by atoms with E-state index in [0.29, 0.717) is 49.4 Å². The van der Waals surface area contributed by atoms with Crippen LogP contribution in [0.25, 0.3) is 0 Å². The van der Waals surface area contributed by atoms with Crippen molar-refractivity contribution >= 4 is 62.8 Å². The van der Waals surface area contributed by atoms with Crippen LogP contribution in [0.5, 0.6) is 11.5 Å². The number of hydrogen-bond acceptors (Lipinski definition) is 5. The van der Waals surface area contributed by atoms with Crippen molar-refractivity contribution in [2.24, 2.45) is 5.10 Å². The fourth-order valence-corrected chi connectivity index (χ4v) is 3.70. The van der Waals surface area contributed by atoms with Gasteiger partial charge in [-0.2, -0.15) is 5.10 Å². The standard InChI is InChI=1S/C24H20BrCl2N3O4/c1-14-19(27)4-3-5-20(14)29-23(31)24(32)30-28-12-16-10-18(25)22(21(11-16)33-2)34-13-15-6-8-17(26)9-7-15/h3-12H,13H2,1-2H3,(H,29,31)(H,30,32). The highest BCUT2D eigenvalue weighted by Gasteiger charge is 2.15. The summed E-state index contributed by atoms with van der Waals surface area (Å²) in [6.45, 7) is 2.05. The molecule has 2 N–H and O–H groups in total. The van der Waals surface area contributed by atoms with E-state index in [1.807, 2.05) is 12.1 Å². The number of rotatable bonds is 7. The van der Waals surface area contributed by atoms with E-state index in [9.17, 15) is 9.59 Å². The van der Waals surface area contributed by atoms with Crippen LogP contribution in [0.4, 0.5) is 5.69 Å². The molecule has 0 aliphatic rings. The molecule has 34 heavy (non-hydrogen) atoms. The molecule has 0 saturated carbocycles. The maximum atomic E-state index is 12.1. The smallest absolute Gasteiger partial charge is 0.329 e. The first-order valence-electron chi connectivity index (χ1n) is 9.92. The molecule has 0 bridgehead atoms. The van der Waals surface area contributed by atoms with Crippen LogP contribution >= 0.6 is 39.1 Å². The molecular formula is C24H20BrCl2N3O4. The molecule has 0 radical (unpaired) electrons. The lowest BCUT2D eigenvalue weighted by molar-refractivity contribution is -0.136. The molecule has 3 aromatic carbocycles. The Balaban J connectivity index is 1.63. The van der Waals surface area contributed by atoms with E-state index in [1.54, 1.807) is 49.4 Å². The normalized spacial score (nSPS) is 10.7. The summed E-state index contributed by atoms with van der Waals surface area (Å²) in [5.74, 6) is -0.822. The van der Waals surface area contributed by atoms with Crippen LogP contribution in [0.3, 0.4) is 0 Å². The number of nitrogens with one attached hydrogen (secondary N) is 2. The molecule has 176 valence electrons. The van der Waals surface area contributed by atoms with Crippen molar-refractivity contribution in [3.05, 3.63) is 85.8 Å². The number of halogens is 3. The van der Waals surface area contributed by atoms with Gasteiger partial charge < -0.3 is 14.8 Å². The third-order valence-corrected chi connectivity index (χ3v) is 5.90. The molecule has 0 aromatic heterocycles. The number of carbonyl (C=O) groups excluding carboxylic acids is 2. The van der Waals surface area contributed by atoms with E-state index >= 15 is 0 Å². The molecule has 0 aliphatic carbocycles. The summed E-state index contributed by atoms with van der Waals surface area (Å²) < 4.78 is 12.0. The fourth-order valence-electron chi connectivity index (χ4n) is 2.83. The third kappa shape index (κ3) is 6.72. The lowest BCUT2D eigenvalue weighted by Gasteiger charge is -2.13. The maximum absolute atomic E-state index is 12.1. The molecule has 0 spiro atoms. The Morgan fingerprint density at radius 3 is 2.53 bits per heavy atom. The molecule has 7 nitrogen and oxygen atoms in total. The summed E-state index contributed by atoms with van der Waals surface area (Å²) in [4.78, 5) is 24.2. The minimum atomic E-state index is -0.926. The average Bonchev–Trinajstić information content (AvgIpc) is 2.82. The van der Waals surface area contributed by atoms with E-state index in [2.05, 4.69) is 31.8 Å². The molecule has 10 heteroatoms. The fraction of sp³-hybridized carbons (Fsp3) is 0.125. The molecule has 0 unspecified atom stereocenters. The van der Waals surface area contributed by atoms with Crippen molar-refractivity contribution in [3.63, 3.8) is 0 Å². The van der Waals surface area contributed by atoms with Gasteiger partial charge in [0.05, 0.1) is 17.8 Å². The molecule has 0 saturated heterocycles. The van der Waals surface area contributed by atoms with Crippen LogP contribution in [0, 0.1) is 6.92 Å². The van der Waals surface area contributed by atoms with E-state index in [1.165, 1.54) is 13.3 Å². The van der Waals surface area contributed by atoms with Gasteiger partial charge in [-0.25, -0.2) is 5.43 Å². The first-order chi connectivity index (χ1) is 16.3. The van der Waals surface area contributed by atoms with E-state index in [4.69, 9.17) is 32.7 Å². The molecule has 2 amide bonds. The topological polar surface area (TPSA) is 89.0 Å². The molecular weight excluding hydrogens is 545 g/mol. The van der Waals surface area contributed by atoms with Gasteiger partial charge in [-0.15, -0.1) is 0 Å². The van der Waals surface area contributed by atoms with Crippen molar-refractivity contribution in [2.75, 3.05) is 12.4 Å². The zero-order valence-electron chi connectivity index (χ0n) is 18.2. The van der Waals surface area contributed by atoms with Crippen LogP contribution < -0.4 is 20.2 Å². The Kier molecular flexibility index (Phi) is 8.92. The van der Waals surface area contributed by atoms with Crippen molar-refractivity contribution < 1.29 is 19.1 Å². The van der Waals surface area contributed by atoms with Gasteiger partial charge >= 0.3 is 11.8 Å². The Labute approximate surface area is 215 Å². The number of hydrazone groups is 1. The summed E-state index contributed by atoms with van der Waals surface area (Å²) in [5, 5.41) is 7.49.